The average molecular weight is 298 g/mol. The summed E-state index contributed by atoms with van der Waals surface area (Å²) in [5.41, 5.74) is 3.85. The summed E-state index contributed by atoms with van der Waals surface area (Å²) in [5, 5.41) is 9.22. The fraction of sp³-hybridized carbons (Fsp3) is 0.375. The van der Waals surface area contributed by atoms with Crippen LogP contribution in [-0.4, -0.2) is 14.8 Å². The highest BCUT2D eigenvalue weighted by Gasteiger charge is 2.23. The van der Waals surface area contributed by atoms with Gasteiger partial charge in [-0.15, -0.1) is 11.3 Å². The standard InChI is InChI=1S/C16H18N4S/c1-20-14-7-4-6-12(11(14)9-18-20)17-10-16-19-13-5-2-3-8-15(13)21-16/h2-3,5,8-9,12,17H,4,6-7,10H2,1H3. The minimum atomic E-state index is 0.412. The van der Waals surface area contributed by atoms with Crippen LogP contribution in [0.2, 0.25) is 0 Å². The molecule has 0 bridgehead atoms. The molecule has 0 spiro atoms. The molecule has 0 saturated carbocycles. The molecule has 1 aromatic carbocycles. The van der Waals surface area contributed by atoms with Gasteiger partial charge in [-0.1, -0.05) is 12.1 Å². The van der Waals surface area contributed by atoms with Crippen molar-refractivity contribution in [1.29, 1.82) is 0 Å². The highest BCUT2D eigenvalue weighted by Crippen LogP contribution is 2.30. The molecule has 1 unspecified atom stereocenters. The predicted octanol–water partition coefficient (Wildman–Crippen LogP) is 3.20. The lowest BCUT2D eigenvalue weighted by Crippen LogP contribution is -2.24. The van der Waals surface area contributed by atoms with Crippen molar-refractivity contribution in [2.75, 3.05) is 0 Å². The largest absolute Gasteiger partial charge is 0.303 e. The number of thiazole rings is 1. The first-order chi connectivity index (χ1) is 10.3. The Bertz CT molecular complexity index is 741. The first kappa shape index (κ1) is 13.0. The van der Waals surface area contributed by atoms with Gasteiger partial charge in [-0.05, 0) is 31.4 Å². The van der Waals surface area contributed by atoms with Crippen molar-refractivity contribution < 1.29 is 0 Å². The summed E-state index contributed by atoms with van der Waals surface area (Å²) >= 11 is 1.78. The molecule has 0 radical (unpaired) electrons. The number of hydrogen-bond acceptors (Lipinski definition) is 4. The zero-order valence-corrected chi connectivity index (χ0v) is 12.9. The van der Waals surface area contributed by atoms with E-state index in [4.69, 9.17) is 4.98 Å². The van der Waals surface area contributed by atoms with Gasteiger partial charge >= 0.3 is 0 Å². The lowest BCUT2D eigenvalue weighted by Gasteiger charge is -2.23. The molecular formula is C16H18N4S. The maximum Gasteiger partial charge on any atom is 0.108 e. The van der Waals surface area contributed by atoms with E-state index in [1.807, 2.05) is 24.0 Å². The van der Waals surface area contributed by atoms with E-state index in [0.29, 0.717) is 6.04 Å². The second kappa shape index (κ2) is 5.24. The fourth-order valence-corrected chi connectivity index (χ4v) is 4.04. The Hall–Kier alpha value is -1.72. The zero-order valence-electron chi connectivity index (χ0n) is 12.0. The Morgan fingerprint density at radius 3 is 3.19 bits per heavy atom. The van der Waals surface area contributed by atoms with Crippen molar-refractivity contribution in [2.45, 2.75) is 31.8 Å². The smallest absolute Gasteiger partial charge is 0.108 e. The van der Waals surface area contributed by atoms with Crippen LogP contribution in [0.15, 0.2) is 30.5 Å². The third kappa shape index (κ3) is 2.36. The van der Waals surface area contributed by atoms with E-state index in [0.717, 1.165) is 23.5 Å². The minimum absolute atomic E-state index is 0.412. The van der Waals surface area contributed by atoms with E-state index in [1.165, 1.54) is 28.8 Å². The Balaban J connectivity index is 1.52. The van der Waals surface area contributed by atoms with E-state index in [1.54, 1.807) is 11.3 Å². The van der Waals surface area contributed by atoms with Gasteiger partial charge in [-0.25, -0.2) is 4.98 Å². The SMILES string of the molecule is Cn1ncc2c1CCCC2NCc1nc2ccccc2s1. The molecule has 0 fully saturated rings. The van der Waals surface area contributed by atoms with Gasteiger partial charge in [0.2, 0.25) is 0 Å². The summed E-state index contributed by atoms with van der Waals surface area (Å²) in [5.74, 6) is 0. The van der Waals surface area contributed by atoms with E-state index in [2.05, 4.69) is 28.6 Å². The molecule has 2 aromatic heterocycles. The number of aryl methyl sites for hydroxylation is 1. The maximum atomic E-state index is 4.69. The van der Waals surface area contributed by atoms with Crippen LogP contribution in [0.5, 0.6) is 0 Å². The van der Waals surface area contributed by atoms with E-state index >= 15 is 0 Å². The number of rotatable bonds is 3. The Kier molecular flexibility index (Phi) is 3.24. The van der Waals surface area contributed by atoms with Gasteiger partial charge in [0, 0.05) is 30.9 Å². The third-order valence-corrected chi connectivity index (χ3v) is 5.25. The second-order valence-corrected chi connectivity index (χ2v) is 6.69. The van der Waals surface area contributed by atoms with Crippen LogP contribution in [0.3, 0.4) is 0 Å². The molecule has 108 valence electrons. The predicted molar refractivity (Wildman–Crippen MR) is 85.3 cm³/mol. The lowest BCUT2D eigenvalue weighted by atomic mass is 9.93. The molecule has 3 aromatic rings. The van der Waals surface area contributed by atoms with Crippen LogP contribution >= 0.6 is 11.3 Å². The van der Waals surface area contributed by atoms with Gasteiger partial charge in [-0.3, -0.25) is 4.68 Å². The summed E-state index contributed by atoms with van der Waals surface area (Å²) in [6, 6.07) is 8.74. The Morgan fingerprint density at radius 1 is 1.38 bits per heavy atom. The van der Waals surface area contributed by atoms with Gasteiger partial charge in [-0.2, -0.15) is 5.10 Å². The van der Waals surface area contributed by atoms with Crippen LogP contribution in [0.4, 0.5) is 0 Å². The average Bonchev–Trinajstić information content (AvgIpc) is 3.09. The first-order valence-electron chi connectivity index (χ1n) is 7.40. The number of hydrogen-bond donors (Lipinski definition) is 1. The van der Waals surface area contributed by atoms with Crippen molar-refractivity contribution in [3.05, 3.63) is 46.7 Å². The van der Waals surface area contributed by atoms with Crippen molar-refractivity contribution in [3.8, 4) is 0 Å². The molecule has 1 atom stereocenters. The van der Waals surface area contributed by atoms with Crippen LogP contribution in [0.1, 0.15) is 35.1 Å². The van der Waals surface area contributed by atoms with E-state index in [9.17, 15) is 0 Å². The van der Waals surface area contributed by atoms with Crippen LogP contribution in [0.25, 0.3) is 10.2 Å². The van der Waals surface area contributed by atoms with Crippen LogP contribution in [-0.2, 0) is 20.0 Å². The molecule has 4 rings (SSSR count). The highest BCUT2D eigenvalue weighted by molar-refractivity contribution is 7.18. The van der Waals surface area contributed by atoms with E-state index < -0.39 is 0 Å². The van der Waals surface area contributed by atoms with E-state index in [-0.39, 0.29) is 0 Å². The minimum Gasteiger partial charge on any atom is -0.303 e. The molecule has 1 N–H and O–H groups in total. The monoisotopic (exact) mass is 298 g/mol. The quantitative estimate of drug-likeness (QED) is 0.807. The maximum absolute atomic E-state index is 4.69. The molecule has 5 heteroatoms. The van der Waals surface area contributed by atoms with Crippen LogP contribution in [0, 0.1) is 0 Å². The zero-order chi connectivity index (χ0) is 14.2. The normalized spacial score (nSPS) is 18.0. The van der Waals surface area contributed by atoms with Crippen molar-refractivity contribution in [2.24, 2.45) is 7.05 Å². The summed E-state index contributed by atoms with van der Waals surface area (Å²) in [4.78, 5) is 4.69. The number of benzene rings is 1. The number of para-hydroxylation sites is 1. The molecule has 1 aliphatic carbocycles. The van der Waals surface area contributed by atoms with Gasteiger partial charge in [0.1, 0.15) is 5.01 Å². The molecule has 0 saturated heterocycles. The fourth-order valence-electron chi connectivity index (χ4n) is 3.12. The van der Waals surface area contributed by atoms with Crippen molar-refractivity contribution in [1.82, 2.24) is 20.1 Å². The number of nitrogens with zero attached hydrogens (tertiary/aromatic N) is 3. The van der Waals surface area contributed by atoms with Gasteiger partial charge in [0.15, 0.2) is 0 Å². The number of nitrogens with one attached hydrogen (secondary N) is 1. The summed E-state index contributed by atoms with van der Waals surface area (Å²) in [6.45, 7) is 0.832. The van der Waals surface area contributed by atoms with Crippen LogP contribution < -0.4 is 5.32 Å². The Labute approximate surface area is 127 Å². The number of aromatic nitrogens is 3. The van der Waals surface area contributed by atoms with Crippen molar-refractivity contribution >= 4 is 21.6 Å². The molecule has 4 nitrogen and oxygen atoms in total. The van der Waals surface area contributed by atoms with Gasteiger partial charge in [0.25, 0.3) is 0 Å². The first-order valence-corrected chi connectivity index (χ1v) is 8.21. The molecular weight excluding hydrogens is 280 g/mol. The lowest BCUT2D eigenvalue weighted by molar-refractivity contribution is 0.451. The summed E-state index contributed by atoms with van der Waals surface area (Å²) < 4.78 is 3.28. The van der Waals surface area contributed by atoms with Gasteiger partial charge < -0.3 is 5.32 Å². The topological polar surface area (TPSA) is 42.7 Å². The molecule has 0 amide bonds. The second-order valence-electron chi connectivity index (χ2n) is 5.57. The highest BCUT2D eigenvalue weighted by atomic mass is 32.1. The number of fused-ring (bicyclic) bond motifs is 2. The summed E-state index contributed by atoms with van der Waals surface area (Å²) in [6.07, 6.45) is 5.57. The third-order valence-electron chi connectivity index (χ3n) is 4.21. The molecule has 21 heavy (non-hydrogen) atoms. The Morgan fingerprint density at radius 2 is 2.29 bits per heavy atom. The van der Waals surface area contributed by atoms with Gasteiger partial charge in [0.05, 0.1) is 16.4 Å². The molecule has 0 aliphatic heterocycles. The molecule has 2 heterocycles. The van der Waals surface area contributed by atoms with Crippen molar-refractivity contribution in [3.63, 3.8) is 0 Å². The summed E-state index contributed by atoms with van der Waals surface area (Å²) in [7, 11) is 2.04. The molecule has 1 aliphatic rings.